The molecule has 2 aromatic heterocycles. The Hall–Kier alpha value is -4.11. The first kappa shape index (κ1) is 48.0. The van der Waals surface area contributed by atoms with Crippen molar-refractivity contribution in [1.82, 2.24) is 9.97 Å². The van der Waals surface area contributed by atoms with Crippen LogP contribution in [0, 0.1) is 0 Å². The molecule has 3 aliphatic rings. The molecular weight excluding hydrogens is 884 g/mol. The van der Waals surface area contributed by atoms with Crippen LogP contribution in [0.1, 0.15) is 44.9 Å². The Morgan fingerprint density at radius 1 is 0.625 bits per heavy atom. The fourth-order valence-electron chi connectivity index (χ4n) is 6.35. The van der Waals surface area contributed by atoms with E-state index in [1.807, 2.05) is 53.6 Å². The molecule has 0 unspecified atom stereocenters. The SMILES string of the molecule is C.CC(=O)N1CCc2cc(-c3cccnc3)cc(Cl)c21.CC(=O)N1CCc2cc(Br)cc(Cl)c21.CC(=O)N1CCc2cc(Br)ccc21.O.O.[B]c1cccnc1. The van der Waals surface area contributed by atoms with Gasteiger partial charge in [-0.3, -0.25) is 24.4 Å². The third-order valence-corrected chi connectivity index (χ3v) is 10.3. The van der Waals surface area contributed by atoms with Crippen LogP contribution in [0.5, 0.6) is 0 Å². The van der Waals surface area contributed by atoms with Gasteiger partial charge in [0, 0.05) is 85.4 Å². The quantitative estimate of drug-likeness (QED) is 0.159. The van der Waals surface area contributed by atoms with Crippen LogP contribution in [-0.4, -0.2) is 66.1 Å². The van der Waals surface area contributed by atoms with Crippen LogP contribution in [0.15, 0.2) is 100 Å². The second kappa shape index (κ2) is 22.0. The minimum absolute atomic E-state index is 0. The number of carbonyl (C=O) groups excluding carboxylic acids is 3. The summed E-state index contributed by atoms with van der Waals surface area (Å²) < 4.78 is 2.04. The second-order valence-corrected chi connectivity index (χ2v) is 15.1. The van der Waals surface area contributed by atoms with Crippen molar-refractivity contribution in [3.63, 3.8) is 0 Å². The minimum atomic E-state index is 0. The second-order valence-electron chi connectivity index (χ2n) is 12.4. The van der Waals surface area contributed by atoms with Crippen molar-refractivity contribution in [2.45, 2.75) is 47.5 Å². The molecule has 3 amide bonds. The number of carbonyl (C=O) groups is 3. The van der Waals surface area contributed by atoms with Gasteiger partial charge in [0.05, 0.1) is 21.4 Å². The third-order valence-electron chi connectivity index (χ3n) is 8.76. The van der Waals surface area contributed by atoms with Crippen LogP contribution >= 0.6 is 55.1 Å². The van der Waals surface area contributed by atoms with Gasteiger partial charge in [-0.25, -0.2) is 0 Å². The van der Waals surface area contributed by atoms with Crippen molar-refractivity contribution < 1.29 is 25.3 Å². The molecule has 0 spiro atoms. The lowest BCUT2D eigenvalue weighted by molar-refractivity contribution is -0.117. The van der Waals surface area contributed by atoms with Crippen LogP contribution in [0.25, 0.3) is 11.1 Å². The standard InChI is InChI=1S/C15H13ClN2O.C10H9BrClNO.C10H10BrNO.C5H4BN.CH4.2H2O/c1-10(19)18-6-4-11-7-13(8-14(16)15(11)18)12-3-2-5-17-9-12;1-6(14)13-3-2-7-4-8(11)5-9(12)10(7)13;1-7(13)12-5-4-8-6-9(11)2-3-10(8)12;6-5-2-1-3-7-4-5;;;/h2-3,5,7-9H,4,6H2,1H3;4-5H,2-3H2,1H3;2-3,6H,4-5H2,1H3;1-4H;1H4;2*1H2. The Kier molecular flexibility index (Phi) is 18.9. The van der Waals surface area contributed by atoms with Crippen molar-refractivity contribution in [3.8, 4) is 11.1 Å². The summed E-state index contributed by atoms with van der Waals surface area (Å²) in [5.74, 6) is 0.212. The van der Waals surface area contributed by atoms with E-state index < -0.39 is 0 Å². The van der Waals surface area contributed by atoms with E-state index in [1.54, 1.807) is 61.3 Å². The number of rotatable bonds is 1. The average Bonchev–Trinajstić information content (AvgIpc) is 3.87. The molecule has 15 heteroatoms. The van der Waals surface area contributed by atoms with Gasteiger partial charge in [0.15, 0.2) is 0 Å². The Bertz CT molecular complexity index is 2130. The number of hydrogen-bond acceptors (Lipinski definition) is 5. The number of amides is 3. The summed E-state index contributed by atoms with van der Waals surface area (Å²) in [7, 11) is 5.30. The third kappa shape index (κ3) is 12.0. The lowest BCUT2D eigenvalue weighted by Crippen LogP contribution is -2.26. The largest absolute Gasteiger partial charge is 0.412 e. The Labute approximate surface area is 356 Å². The van der Waals surface area contributed by atoms with Gasteiger partial charge in [-0.05, 0) is 96.1 Å². The minimum Gasteiger partial charge on any atom is -0.412 e. The van der Waals surface area contributed by atoms with Gasteiger partial charge in [0.25, 0.3) is 0 Å². The van der Waals surface area contributed by atoms with E-state index in [1.165, 1.54) is 5.56 Å². The zero-order valence-corrected chi connectivity index (χ0v) is 35.1. The molecule has 3 aromatic carbocycles. The number of pyridine rings is 2. The monoisotopic (exact) mass is 925 g/mol. The molecular formula is C41H44BBr2Cl2N5O5. The molecule has 2 radical (unpaired) electrons. The number of aromatic nitrogens is 2. The van der Waals surface area contributed by atoms with Crippen LogP contribution in [0.3, 0.4) is 0 Å². The van der Waals surface area contributed by atoms with Crippen molar-refractivity contribution in [1.29, 1.82) is 0 Å². The molecule has 5 heterocycles. The lowest BCUT2D eigenvalue weighted by atomic mass is 10.00. The van der Waals surface area contributed by atoms with Gasteiger partial charge >= 0.3 is 0 Å². The highest BCUT2D eigenvalue weighted by Crippen LogP contribution is 2.39. The topological polar surface area (TPSA) is 150 Å². The summed E-state index contributed by atoms with van der Waals surface area (Å²) >= 11 is 19.2. The maximum Gasteiger partial charge on any atom is 0.223 e. The summed E-state index contributed by atoms with van der Waals surface area (Å²) in [5, 5.41) is 1.27. The van der Waals surface area contributed by atoms with Gasteiger partial charge in [-0.15, -0.1) is 0 Å². The van der Waals surface area contributed by atoms with Gasteiger partial charge in [0.1, 0.15) is 7.85 Å². The Morgan fingerprint density at radius 3 is 1.62 bits per heavy atom. The van der Waals surface area contributed by atoms with E-state index in [9.17, 15) is 14.4 Å². The Morgan fingerprint density at radius 2 is 1.12 bits per heavy atom. The van der Waals surface area contributed by atoms with Crippen LogP contribution in [0.4, 0.5) is 17.1 Å². The number of benzene rings is 3. The number of fused-ring (bicyclic) bond motifs is 3. The summed E-state index contributed by atoms with van der Waals surface area (Å²) in [6, 6.07) is 21.4. The van der Waals surface area contributed by atoms with Crippen molar-refractivity contribution in [2.75, 3.05) is 34.3 Å². The zero-order chi connectivity index (χ0) is 38.2. The number of hydrogen-bond donors (Lipinski definition) is 0. The summed E-state index contributed by atoms with van der Waals surface area (Å²) in [6.45, 7) is 7.01. The zero-order valence-electron chi connectivity index (χ0n) is 30.5. The summed E-state index contributed by atoms with van der Waals surface area (Å²) in [5.41, 5.74) is 9.11. The molecule has 5 aromatic rings. The molecule has 8 rings (SSSR count). The van der Waals surface area contributed by atoms with Crippen molar-refractivity contribution in [2.24, 2.45) is 0 Å². The molecule has 3 aliphatic heterocycles. The maximum atomic E-state index is 11.6. The van der Waals surface area contributed by atoms with Crippen LogP contribution in [-0.2, 0) is 33.6 Å². The molecule has 0 fully saturated rings. The van der Waals surface area contributed by atoms with Crippen molar-refractivity contribution in [3.05, 3.63) is 127 Å². The molecule has 10 nitrogen and oxygen atoms in total. The normalized spacial score (nSPS) is 12.6. The predicted molar refractivity (Wildman–Crippen MR) is 237 cm³/mol. The Balaban J connectivity index is 0.000000265. The smallest absolute Gasteiger partial charge is 0.223 e. The molecule has 0 saturated carbocycles. The van der Waals surface area contributed by atoms with E-state index in [4.69, 9.17) is 31.0 Å². The summed E-state index contributed by atoms with van der Waals surface area (Å²) in [4.78, 5) is 47.2. The van der Waals surface area contributed by atoms with E-state index in [0.29, 0.717) is 22.1 Å². The highest BCUT2D eigenvalue weighted by molar-refractivity contribution is 9.10. The lowest BCUT2D eigenvalue weighted by Gasteiger charge is -2.16. The predicted octanol–water partition coefficient (Wildman–Crippen LogP) is 7.54. The summed E-state index contributed by atoms with van der Waals surface area (Å²) in [6.07, 6.45) is 9.56. The first-order valence-electron chi connectivity index (χ1n) is 16.8. The van der Waals surface area contributed by atoms with E-state index in [0.717, 1.165) is 80.6 Å². The molecule has 0 atom stereocenters. The van der Waals surface area contributed by atoms with Crippen LogP contribution < -0.4 is 20.2 Å². The molecule has 56 heavy (non-hydrogen) atoms. The number of halogens is 4. The van der Waals surface area contributed by atoms with Gasteiger partial charge in [0.2, 0.25) is 17.7 Å². The first-order chi connectivity index (χ1) is 25.3. The molecule has 0 saturated heterocycles. The highest BCUT2D eigenvalue weighted by Gasteiger charge is 2.27. The average molecular weight is 928 g/mol. The van der Waals surface area contributed by atoms with Crippen molar-refractivity contribution >= 4 is 103 Å². The van der Waals surface area contributed by atoms with Gasteiger partial charge in [-0.1, -0.05) is 80.1 Å². The molecule has 0 aliphatic carbocycles. The van der Waals surface area contributed by atoms with Gasteiger partial charge < -0.3 is 25.7 Å². The highest BCUT2D eigenvalue weighted by atomic mass is 79.9. The van der Waals surface area contributed by atoms with E-state index in [-0.39, 0.29) is 36.1 Å². The number of nitrogens with zero attached hydrogens (tertiary/aromatic N) is 5. The number of anilines is 3. The first-order valence-corrected chi connectivity index (χ1v) is 19.2. The molecule has 294 valence electrons. The molecule has 4 N–H and O–H groups in total. The maximum absolute atomic E-state index is 11.6. The fraction of sp³-hybridized carbons (Fsp3) is 0.244. The molecule has 0 bridgehead atoms. The van der Waals surface area contributed by atoms with E-state index in [2.05, 4.69) is 54.0 Å². The van der Waals surface area contributed by atoms with E-state index >= 15 is 0 Å². The fourth-order valence-corrected chi connectivity index (χ4v) is 8.08. The van der Waals surface area contributed by atoms with Crippen LogP contribution in [0.2, 0.25) is 10.0 Å². The van der Waals surface area contributed by atoms with Gasteiger partial charge in [-0.2, -0.15) is 0 Å².